The molecule has 1 aliphatic carbocycles. The van der Waals surface area contributed by atoms with Crippen molar-refractivity contribution < 1.29 is 9.90 Å². The third-order valence-corrected chi connectivity index (χ3v) is 3.24. The Morgan fingerprint density at radius 2 is 2.29 bits per heavy atom. The largest absolute Gasteiger partial charge is 0.394 e. The van der Waals surface area contributed by atoms with Crippen LogP contribution >= 0.6 is 0 Å². The second-order valence-electron chi connectivity index (χ2n) is 5.03. The molecule has 0 aliphatic heterocycles. The molecule has 82 valence electrons. The molecule has 1 amide bonds. The molecule has 3 heteroatoms. The van der Waals surface area contributed by atoms with E-state index in [0.29, 0.717) is 0 Å². The highest BCUT2D eigenvalue weighted by Gasteiger charge is 2.39. The summed E-state index contributed by atoms with van der Waals surface area (Å²) in [6.45, 7) is 6.13. The van der Waals surface area contributed by atoms with E-state index in [1.54, 1.807) is 0 Å². The summed E-state index contributed by atoms with van der Waals surface area (Å²) < 4.78 is 0. The summed E-state index contributed by atoms with van der Waals surface area (Å²) in [5, 5.41) is 11.7. The minimum atomic E-state index is -0.126. The van der Waals surface area contributed by atoms with E-state index in [2.05, 4.69) is 19.2 Å². The molecular weight excluding hydrogens is 178 g/mol. The van der Waals surface area contributed by atoms with E-state index in [1.165, 1.54) is 0 Å². The van der Waals surface area contributed by atoms with Crippen molar-refractivity contribution in [3.8, 4) is 0 Å². The first-order valence-electron chi connectivity index (χ1n) is 5.38. The van der Waals surface area contributed by atoms with Crippen LogP contribution in [0.4, 0.5) is 0 Å². The molecule has 0 aromatic heterocycles. The van der Waals surface area contributed by atoms with Gasteiger partial charge in [0.2, 0.25) is 5.91 Å². The normalized spacial score (nSPS) is 27.3. The SMILES string of the molecule is C[C@@H](CO)NC(=O)C1CCCC1(C)C. The molecule has 2 N–H and O–H groups in total. The fourth-order valence-corrected chi connectivity index (χ4v) is 2.20. The van der Waals surface area contributed by atoms with Crippen LogP contribution < -0.4 is 5.32 Å². The highest BCUT2D eigenvalue weighted by Crippen LogP contribution is 2.42. The number of hydrogen-bond donors (Lipinski definition) is 2. The lowest BCUT2D eigenvalue weighted by Gasteiger charge is -2.27. The van der Waals surface area contributed by atoms with Crippen LogP contribution in [-0.2, 0) is 4.79 Å². The fourth-order valence-electron chi connectivity index (χ4n) is 2.20. The molecule has 1 saturated carbocycles. The molecule has 0 radical (unpaired) electrons. The van der Waals surface area contributed by atoms with Crippen LogP contribution in [0.5, 0.6) is 0 Å². The van der Waals surface area contributed by atoms with E-state index in [-0.39, 0.29) is 29.9 Å². The third kappa shape index (κ3) is 2.47. The van der Waals surface area contributed by atoms with E-state index in [4.69, 9.17) is 5.11 Å². The van der Waals surface area contributed by atoms with Crippen LogP contribution in [0.2, 0.25) is 0 Å². The average molecular weight is 199 g/mol. The maximum Gasteiger partial charge on any atom is 0.223 e. The standard InChI is InChI=1S/C11H21NO2/c1-8(7-13)12-10(14)9-5-4-6-11(9,2)3/h8-9,13H,4-7H2,1-3H3,(H,12,14)/t8-,9?/m0/s1. The van der Waals surface area contributed by atoms with E-state index >= 15 is 0 Å². The Bertz CT molecular complexity index is 213. The van der Waals surface area contributed by atoms with Gasteiger partial charge in [0.15, 0.2) is 0 Å². The van der Waals surface area contributed by atoms with Crippen LogP contribution in [0.1, 0.15) is 40.0 Å². The van der Waals surface area contributed by atoms with E-state index in [0.717, 1.165) is 19.3 Å². The third-order valence-electron chi connectivity index (χ3n) is 3.24. The highest BCUT2D eigenvalue weighted by atomic mass is 16.3. The van der Waals surface area contributed by atoms with Gasteiger partial charge in [-0.2, -0.15) is 0 Å². The number of amides is 1. The first-order valence-corrected chi connectivity index (χ1v) is 5.38. The second-order valence-corrected chi connectivity index (χ2v) is 5.03. The first-order chi connectivity index (χ1) is 6.47. The Hall–Kier alpha value is -0.570. The molecule has 0 heterocycles. The molecule has 0 spiro atoms. The highest BCUT2D eigenvalue weighted by molar-refractivity contribution is 5.80. The lowest BCUT2D eigenvalue weighted by molar-refractivity contribution is -0.128. The van der Waals surface area contributed by atoms with E-state index in [1.807, 2.05) is 6.92 Å². The minimum Gasteiger partial charge on any atom is -0.394 e. The summed E-state index contributed by atoms with van der Waals surface area (Å²) in [5.41, 5.74) is 0.124. The van der Waals surface area contributed by atoms with Gasteiger partial charge in [0.25, 0.3) is 0 Å². The lowest BCUT2D eigenvalue weighted by Crippen LogP contribution is -2.42. The van der Waals surface area contributed by atoms with Gasteiger partial charge in [-0.1, -0.05) is 20.3 Å². The second kappa shape index (κ2) is 4.30. The molecule has 0 saturated heterocycles. The van der Waals surface area contributed by atoms with Crippen LogP contribution in [0.3, 0.4) is 0 Å². The van der Waals surface area contributed by atoms with Gasteiger partial charge in [-0.05, 0) is 25.2 Å². The van der Waals surface area contributed by atoms with Crippen molar-refractivity contribution in [2.45, 2.75) is 46.1 Å². The number of carbonyl (C=O) groups excluding carboxylic acids is 1. The van der Waals surface area contributed by atoms with Gasteiger partial charge in [-0.25, -0.2) is 0 Å². The smallest absolute Gasteiger partial charge is 0.223 e. The Morgan fingerprint density at radius 3 is 2.71 bits per heavy atom. The lowest BCUT2D eigenvalue weighted by atomic mass is 9.81. The Morgan fingerprint density at radius 1 is 1.64 bits per heavy atom. The fraction of sp³-hybridized carbons (Fsp3) is 0.909. The maximum atomic E-state index is 11.8. The van der Waals surface area contributed by atoms with Crippen LogP contribution in [0.15, 0.2) is 0 Å². The molecule has 3 nitrogen and oxygen atoms in total. The quantitative estimate of drug-likeness (QED) is 0.720. The Balaban J connectivity index is 2.52. The van der Waals surface area contributed by atoms with Gasteiger partial charge < -0.3 is 10.4 Å². The van der Waals surface area contributed by atoms with Gasteiger partial charge in [0, 0.05) is 12.0 Å². The molecule has 0 aromatic rings. The molecule has 1 fully saturated rings. The zero-order valence-electron chi connectivity index (χ0n) is 9.34. The van der Waals surface area contributed by atoms with Crippen LogP contribution in [-0.4, -0.2) is 23.7 Å². The van der Waals surface area contributed by atoms with Crippen LogP contribution in [0, 0.1) is 11.3 Å². The van der Waals surface area contributed by atoms with Gasteiger partial charge >= 0.3 is 0 Å². The van der Waals surface area contributed by atoms with Crippen LogP contribution in [0.25, 0.3) is 0 Å². The van der Waals surface area contributed by atoms with E-state index < -0.39 is 0 Å². The zero-order chi connectivity index (χ0) is 10.8. The Kier molecular flexibility index (Phi) is 3.53. The number of aliphatic hydroxyl groups is 1. The number of hydrogen-bond acceptors (Lipinski definition) is 2. The predicted molar refractivity (Wildman–Crippen MR) is 55.8 cm³/mol. The molecule has 1 aliphatic rings. The van der Waals surface area contributed by atoms with Gasteiger partial charge in [0.05, 0.1) is 6.61 Å². The van der Waals surface area contributed by atoms with Crippen molar-refractivity contribution in [3.05, 3.63) is 0 Å². The minimum absolute atomic E-state index is 0.0128. The van der Waals surface area contributed by atoms with Gasteiger partial charge in [-0.15, -0.1) is 0 Å². The van der Waals surface area contributed by atoms with Crippen molar-refractivity contribution in [2.24, 2.45) is 11.3 Å². The number of nitrogens with one attached hydrogen (secondary N) is 1. The summed E-state index contributed by atoms with van der Waals surface area (Å²) in [5.74, 6) is 0.227. The zero-order valence-corrected chi connectivity index (χ0v) is 9.34. The molecule has 1 rings (SSSR count). The summed E-state index contributed by atoms with van der Waals surface area (Å²) >= 11 is 0. The molecule has 1 unspecified atom stereocenters. The summed E-state index contributed by atoms with van der Waals surface area (Å²) in [6.07, 6.45) is 3.24. The topological polar surface area (TPSA) is 49.3 Å². The Labute approximate surface area is 85.9 Å². The van der Waals surface area contributed by atoms with Crippen molar-refractivity contribution in [3.63, 3.8) is 0 Å². The average Bonchev–Trinajstić information content (AvgIpc) is 2.45. The maximum absolute atomic E-state index is 11.8. The van der Waals surface area contributed by atoms with Crippen molar-refractivity contribution in [1.29, 1.82) is 0 Å². The number of rotatable bonds is 3. The molecular formula is C11H21NO2. The summed E-state index contributed by atoms with van der Waals surface area (Å²) in [7, 11) is 0. The van der Waals surface area contributed by atoms with Crippen molar-refractivity contribution in [1.82, 2.24) is 5.32 Å². The van der Waals surface area contributed by atoms with Crippen molar-refractivity contribution in [2.75, 3.05) is 6.61 Å². The summed E-state index contributed by atoms with van der Waals surface area (Å²) in [6, 6.07) is -0.126. The monoisotopic (exact) mass is 199 g/mol. The van der Waals surface area contributed by atoms with Gasteiger partial charge in [0.1, 0.15) is 0 Å². The van der Waals surface area contributed by atoms with E-state index in [9.17, 15) is 4.79 Å². The predicted octanol–water partition coefficient (Wildman–Crippen LogP) is 1.31. The molecule has 14 heavy (non-hydrogen) atoms. The van der Waals surface area contributed by atoms with Crippen molar-refractivity contribution >= 4 is 5.91 Å². The van der Waals surface area contributed by atoms with Gasteiger partial charge in [-0.3, -0.25) is 4.79 Å². The molecule has 0 bridgehead atoms. The number of aliphatic hydroxyl groups excluding tert-OH is 1. The number of carbonyl (C=O) groups is 1. The molecule has 2 atom stereocenters. The molecule has 0 aromatic carbocycles. The summed E-state index contributed by atoms with van der Waals surface area (Å²) in [4.78, 5) is 11.8. The first kappa shape index (κ1) is 11.5.